The van der Waals surface area contributed by atoms with Gasteiger partial charge in [0.1, 0.15) is 5.75 Å². The van der Waals surface area contributed by atoms with Crippen molar-refractivity contribution in [3.05, 3.63) is 101 Å². The standard InChI is InChI=1S/C32H34F3N7O2.2ClH/c1-21(43)36-25-16-27-19-40(17-24-15-26(13-14-29(24)44-2)42-31(32(33,34)35)37-38-39-42)20-28(41(27)18-25)30(22-9-5-3-6-10-22)23-11-7-4-8-12-23;;/h3-15,25,27-28,30H,16-20H2,1-2H3,(H,36,43);2*1H/t25-,27-,28-;;/m0../s1. The van der Waals surface area contributed by atoms with Gasteiger partial charge in [0.25, 0.3) is 5.82 Å². The number of hydrogen-bond acceptors (Lipinski definition) is 7. The number of alkyl halides is 3. The molecular formula is C32H36Cl2F3N7O2. The Labute approximate surface area is 277 Å². The molecule has 3 atom stereocenters. The Kier molecular flexibility index (Phi) is 11.3. The molecular weight excluding hydrogens is 642 g/mol. The summed E-state index contributed by atoms with van der Waals surface area (Å²) in [7, 11) is 1.55. The van der Waals surface area contributed by atoms with Crippen molar-refractivity contribution in [2.24, 2.45) is 0 Å². The zero-order chi connectivity index (χ0) is 30.8. The smallest absolute Gasteiger partial charge is 0.453 e. The highest BCUT2D eigenvalue weighted by Gasteiger charge is 2.45. The summed E-state index contributed by atoms with van der Waals surface area (Å²) in [5, 5.41) is 13.2. The van der Waals surface area contributed by atoms with Crippen LogP contribution in [0.1, 0.15) is 41.8 Å². The molecule has 9 nitrogen and oxygen atoms in total. The van der Waals surface area contributed by atoms with E-state index < -0.39 is 12.0 Å². The van der Waals surface area contributed by atoms with E-state index in [4.69, 9.17) is 4.74 Å². The van der Waals surface area contributed by atoms with Crippen molar-refractivity contribution in [3.8, 4) is 11.4 Å². The first-order valence-electron chi connectivity index (χ1n) is 14.6. The second-order valence-corrected chi connectivity index (χ2v) is 11.5. The molecule has 0 spiro atoms. The van der Waals surface area contributed by atoms with E-state index >= 15 is 0 Å². The third kappa shape index (κ3) is 7.46. The maximum absolute atomic E-state index is 13.6. The Balaban J connectivity index is 0.00000240. The summed E-state index contributed by atoms with van der Waals surface area (Å²) >= 11 is 0. The number of fused-ring (bicyclic) bond motifs is 1. The van der Waals surface area contributed by atoms with E-state index in [9.17, 15) is 18.0 Å². The lowest BCUT2D eigenvalue weighted by atomic mass is 9.82. The molecule has 0 unspecified atom stereocenters. The largest absolute Gasteiger partial charge is 0.496 e. The first-order valence-corrected chi connectivity index (χ1v) is 14.6. The van der Waals surface area contributed by atoms with E-state index in [2.05, 4.69) is 79.2 Å². The average molecular weight is 679 g/mol. The maximum Gasteiger partial charge on any atom is 0.453 e. The summed E-state index contributed by atoms with van der Waals surface area (Å²) in [4.78, 5) is 16.9. The lowest BCUT2D eigenvalue weighted by molar-refractivity contribution is -0.146. The van der Waals surface area contributed by atoms with Crippen LogP contribution in [-0.4, -0.2) is 80.8 Å². The van der Waals surface area contributed by atoms with Crippen LogP contribution in [0.3, 0.4) is 0 Å². The molecule has 14 heteroatoms. The number of rotatable bonds is 8. The molecule has 1 N–H and O–H groups in total. The molecule has 2 saturated heterocycles. The number of piperazine rings is 1. The average Bonchev–Trinajstić information content (AvgIpc) is 3.66. The number of nitrogens with zero attached hydrogens (tertiary/aromatic N) is 6. The van der Waals surface area contributed by atoms with E-state index in [0.717, 1.165) is 25.1 Å². The highest BCUT2D eigenvalue weighted by atomic mass is 35.5. The van der Waals surface area contributed by atoms with Gasteiger partial charge in [-0.15, -0.1) is 29.9 Å². The Hall–Kier alpha value is -3.71. The molecule has 0 radical (unpaired) electrons. The highest BCUT2D eigenvalue weighted by Crippen LogP contribution is 2.39. The normalized spacial score (nSPS) is 20.0. The predicted octanol–water partition coefficient (Wildman–Crippen LogP) is 5.13. The minimum Gasteiger partial charge on any atom is -0.496 e. The van der Waals surface area contributed by atoms with Crippen LogP contribution in [0, 0.1) is 0 Å². The van der Waals surface area contributed by atoms with Gasteiger partial charge in [-0.1, -0.05) is 60.7 Å². The van der Waals surface area contributed by atoms with Gasteiger partial charge in [-0.25, -0.2) is 0 Å². The molecule has 2 fully saturated rings. The van der Waals surface area contributed by atoms with E-state index in [-0.39, 0.29) is 60.5 Å². The van der Waals surface area contributed by atoms with Crippen LogP contribution in [0.5, 0.6) is 5.75 Å². The molecule has 3 heterocycles. The van der Waals surface area contributed by atoms with Crippen LogP contribution in [-0.2, 0) is 17.5 Å². The molecule has 46 heavy (non-hydrogen) atoms. The van der Waals surface area contributed by atoms with E-state index in [1.165, 1.54) is 17.2 Å². The van der Waals surface area contributed by atoms with Crippen molar-refractivity contribution in [2.45, 2.75) is 50.1 Å². The van der Waals surface area contributed by atoms with Gasteiger partial charge in [0.15, 0.2) is 0 Å². The minimum absolute atomic E-state index is 0. The number of tetrazole rings is 1. The first-order chi connectivity index (χ1) is 21.2. The van der Waals surface area contributed by atoms with Gasteiger partial charge in [0, 0.05) is 62.7 Å². The number of hydrogen-bond donors (Lipinski definition) is 1. The fourth-order valence-electron chi connectivity index (χ4n) is 6.84. The lowest BCUT2D eigenvalue weighted by Crippen LogP contribution is -2.58. The number of benzene rings is 3. The number of carbonyl (C=O) groups is 1. The van der Waals surface area contributed by atoms with Crippen LogP contribution in [0.15, 0.2) is 78.9 Å². The second-order valence-electron chi connectivity index (χ2n) is 11.5. The Bertz CT molecular complexity index is 1550. The fourth-order valence-corrected chi connectivity index (χ4v) is 6.84. The third-order valence-corrected chi connectivity index (χ3v) is 8.53. The molecule has 1 aromatic heterocycles. The van der Waals surface area contributed by atoms with Gasteiger partial charge in [-0.05, 0) is 46.2 Å². The first kappa shape index (κ1) is 35.1. The van der Waals surface area contributed by atoms with Crippen molar-refractivity contribution >= 4 is 30.7 Å². The van der Waals surface area contributed by atoms with Gasteiger partial charge in [-0.2, -0.15) is 17.9 Å². The Morgan fingerprint density at radius 1 is 0.978 bits per heavy atom. The molecule has 246 valence electrons. The summed E-state index contributed by atoms with van der Waals surface area (Å²) in [6, 6.07) is 26.0. The van der Waals surface area contributed by atoms with Gasteiger partial charge >= 0.3 is 6.18 Å². The highest BCUT2D eigenvalue weighted by molar-refractivity contribution is 5.85. The zero-order valence-electron chi connectivity index (χ0n) is 25.3. The van der Waals surface area contributed by atoms with Crippen molar-refractivity contribution in [2.75, 3.05) is 26.7 Å². The third-order valence-electron chi connectivity index (χ3n) is 8.53. The van der Waals surface area contributed by atoms with Crippen LogP contribution < -0.4 is 10.1 Å². The van der Waals surface area contributed by atoms with Gasteiger partial charge in [0.05, 0.1) is 12.8 Å². The zero-order valence-corrected chi connectivity index (χ0v) is 26.9. The SMILES string of the molecule is COc1ccc(-n2nnnc2C(F)(F)F)cc1CN1C[C@@H]2C[C@H](NC(C)=O)CN2[C@H](C(c2ccccc2)c2ccccc2)C1.Cl.Cl. The topological polar surface area (TPSA) is 88.4 Å². The predicted molar refractivity (Wildman–Crippen MR) is 172 cm³/mol. The summed E-state index contributed by atoms with van der Waals surface area (Å²) in [6.07, 6.45) is -3.90. The monoisotopic (exact) mass is 677 g/mol. The van der Waals surface area contributed by atoms with Crippen LogP contribution in [0.2, 0.25) is 0 Å². The minimum atomic E-state index is -4.70. The number of nitrogens with one attached hydrogen (secondary N) is 1. The van der Waals surface area contributed by atoms with E-state index in [0.29, 0.717) is 23.5 Å². The molecule has 0 bridgehead atoms. The van der Waals surface area contributed by atoms with E-state index in [1.807, 2.05) is 12.1 Å². The van der Waals surface area contributed by atoms with Gasteiger partial charge < -0.3 is 10.1 Å². The number of aromatic nitrogens is 4. The number of methoxy groups -OCH3 is 1. The molecule has 2 aliphatic heterocycles. The summed E-state index contributed by atoms with van der Waals surface area (Å²) in [5.74, 6) is -0.610. The van der Waals surface area contributed by atoms with Gasteiger partial charge in [-0.3, -0.25) is 14.6 Å². The maximum atomic E-state index is 13.6. The number of amides is 1. The van der Waals surface area contributed by atoms with Gasteiger partial charge in [0.2, 0.25) is 5.91 Å². The molecule has 6 rings (SSSR count). The summed E-state index contributed by atoms with van der Waals surface area (Å²) in [6.45, 7) is 4.17. The number of halogens is 5. The molecule has 2 aliphatic rings. The quantitative estimate of drug-likeness (QED) is 0.277. The lowest BCUT2D eigenvalue weighted by Gasteiger charge is -2.47. The van der Waals surface area contributed by atoms with Crippen molar-refractivity contribution < 1.29 is 22.7 Å². The van der Waals surface area contributed by atoms with Crippen LogP contribution in [0.4, 0.5) is 13.2 Å². The molecule has 4 aromatic rings. The Morgan fingerprint density at radius 2 is 1.63 bits per heavy atom. The molecule has 1 amide bonds. The number of ether oxygens (including phenoxy) is 1. The Morgan fingerprint density at radius 3 is 2.22 bits per heavy atom. The second kappa shape index (κ2) is 14.8. The van der Waals surface area contributed by atoms with Crippen LogP contribution >= 0.6 is 24.8 Å². The number of carbonyl (C=O) groups excluding carboxylic acids is 1. The van der Waals surface area contributed by atoms with Crippen molar-refractivity contribution in [3.63, 3.8) is 0 Å². The van der Waals surface area contributed by atoms with E-state index in [1.54, 1.807) is 26.2 Å². The van der Waals surface area contributed by atoms with Crippen molar-refractivity contribution in [1.82, 2.24) is 35.3 Å². The summed E-state index contributed by atoms with van der Waals surface area (Å²) in [5.41, 5.74) is 3.33. The van der Waals surface area contributed by atoms with Crippen LogP contribution in [0.25, 0.3) is 5.69 Å². The molecule has 0 aliphatic carbocycles. The summed E-state index contributed by atoms with van der Waals surface area (Å²) < 4.78 is 47.1. The molecule has 0 saturated carbocycles. The fraction of sp³-hybridized carbons (Fsp3) is 0.375. The molecule has 3 aromatic carbocycles. The van der Waals surface area contributed by atoms with Crippen molar-refractivity contribution in [1.29, 1.82) is 0 Å².